The van der Waals surface area contributed by atoms with Gasteiger partial charge in [-0.1, -0.05) is 6.07 Å². The normalized spacial score (nSPS) is 21.2. The number of fused-ring (bicyclic) bond motifs is 1. The second-order valence-electron chi connectivity index (χ2n) is 5.92. The van der Waals surface area contributed by atoms with Crippen LogP contribution in [0.5, 0.6) is 0 Å². The Morgan fingerprint density at radius 2 is 2.33 bits per heavy atom. The van der Waals surface area contributed by atoms with Crippen LogP contribution in [0.25, 0.3) is 0 Å². The molecular formula is C15H20BNO4. The van der Waals surface area contributed by atoms with Crippen molar-refractivity contribution in [2.24, 2.45) is 0 Å². The van der Waals surface area contributed by atoms with Gasteiger partial charge in [-0.15, -0.1) is 0 Å². The Balaban J connectivity index is 1.70. The van der Waals surface area contributed by atoms with E-state index in [1.807, 2.05) is 24.8 Å². The van der Waals surface area contributed by atoms with Crippen LogP contribution in [0.3, 0.4) is 0 Å². The van der Waals surface area contributed by atoms with Gasteiger partial charge in [0.1, 0.15) is 0 Å². The van der Waals surface area contributed by atoms with Crippen molar-refractivity contribution in [3.8, 4) is 0 Å². The average molecular weight is 289 g/mol. The molecule has 5 nitrogen and oxygen atoms in total. The van der Waals surface area contributed by atoms with E-state index in [9.17, 15) is 9.82 Å². The first-order chi connectivity index (χ1) is 10.0. The van der Waals surface area contributed by atoms with Gasteiger partial charge in [0.05, 0.1) is 18.8 Å². The molecule has 1 amide bonds. The largest absolute Gasteiger partial charge is 0.491 e. The third-order valence-corrected chi connectivity index (χ3v) is 3.95. The molecule has 2 aliphatic heterocycles. The van der Waals surface area contributed by atoms with Crippen molar-refractivity contribution in [3.63, 3.8) is 0 Å². The molecule has 1 aromatic rings. The van der Waals surface area contributed by atoms with Gasteiger partial charge in [-0.2, -0.15) is 0 Å². The van der Waals surface area contributed by atoms with E-state index in [0.717, 1.165) is 12.0 Å². The van der Waals surface area contributed by atoms with Gasteiger partial charge in [0.25, 0.3) is 5.91 Å². The van der Waals surface area contributed by atoms with E-state index in [1.165, 1.54) is 0 Å². The maximum Gasteiger partial charge on any atom is 0.491 e. The highest BCUT2D eigenvalue weighted by molar-refractivity contribution is 6.61. The van der Waals surface area contributed by atoms with Crippen LogP contribution in [0.1, 0.15) is 36.2 Å². The lowest BCUT2D eigenvalue weighted by molar-refractivity contribution is 0.0139. The van der Waals surface area contributed by atoms with Crippen molar-refractivity contribution >= 4 is 18.5 Å². The van der Waals surface area contributed by atoms with Crippen LogP contribution >= 0.6 is 0 Å². The number of rotatable bonds is 3. The van der Waals surface area contributed by atoms with E-state index in [0.29, 0.717) is 30.7 Å². The molecule has 1 saturated heterocycles. The maximum absolute atomic E-state index is 12.5. The van der Waals surface area contributed by atoms with Crippen LogP contribution in [-0.4, -0.2) is 48.2 Å². The molecule has 2 heterocycles. The number of hydrogen-bond acceptors (Lipinski definition) is 4. The Morgan fingerprint density at radius 1 is 1.52 bits per heavy atom. The second-order valence-corrected chi connectivity index (χ2v) is 5.92. The highest BCUT2D eigenvalue weighted by Gasteiger charge is 2.31. The molecular weight excluding hydrogens is 269 g/mol. The lowest BCUT2D eigenvalue weighted by Crippen LogP contribution is -2.33. The molecule has 0 spiro atoms. The fraction of sp³-hybridized carbons (Fsp3) is 0.533. The third-order valence-electron chi connectivity index (χ3n) is 3.95. The molecule has 3 rings (SSSR count). The van der Waals surface area contributed by atoms with Crippen molar-refractivity contribution in [2.75, 3.05) is 13.1 Å². The minimum atomic E-state index is -0.914. The van der Waals surface area contributed by atoms with Crippen LogP contribution in [0.2, 0.25) is 0 Å². The summed E-state index contributed by atoms with van der Waals surface area (Å²) in [5.74, 6) is -0.00763. The van der Waals surface area contributed by atoms with Crippen molar-refractivity contribution in [2.45, 2.75) is 39.1 Å². The quantitative estimate of drug-likeness (QED) is 0.825. The molecule has 1 N–H and O–H groups in total. The standard InChI is InChI=1S/C15H20BNO4/c1-10(2)21-13-5-6-17(8-13)15(18)11-3-4-12-9-20-16(19)14(12)7-11/h3-4,7,10,13,19H,5-6,8-9H2,1-2H3/t13-/m1/s1. The monoisotopic (exact) mass is 289 g/mol. The molecule has 0 saturated carbocycles. The first-order valence-corrected chi connectivity index (χ1v) is 7.42. The van der Waals surface area contributed by atoms with Crippen LogP contribution < -0.4 is 5.46 Å². The Hall–Kier alpha value is -1.37. The minimum Gasteiger partial charge on any atom is -0.423 e. The lowest BCUT2D eigenvalue weighted by atomic mass is 9.78. The number of carbonyl (C=O) groups excluding carboxylic acids is 1. The number of carbonyl (C=O) groups is 1. The Morgan fingerprint density at radius 3 is 3.10 bits per heavy atom. The lowest BCUT2D eigenvalue weighted by Gasteiger charge is -2.18. The molecule has 0 radical (unpaired) electrons. The fourth-order valence-corrected chi connectivity index (χ4v) is 2.94. The first-order valence-electron chi connectivity index (χ1n) is 7.42. The molecule has 21 heavy (non-hydrogen) atoms. The van der Waals surface area contributed by atoms with Gasteiger partial charge in [-0.05, 0) is 43.4 Å². The van der Waals surface area contributed by atoms with Gasteiger partial charge >= 0.3 is 7.12 Å². The number of likely N-dealkylation sites (tertiary alicyclic amines) is 1. The van der Waals surface area contributed by atoms with E-state index in [-0.39, 0.29) is 18.1 Å². The molecule has 0 aromatic heterocycles. The van der Waals surface area contributed by atoms with Gasteiger partial charge in [0.2, 0.25) is 0 Å². The zero-order valence-electron chi connectivity index (χ0n) is 12.4. The highest BCUT2D eigenvalue weighted by atomic mass is 16.5. The van der Waals surface area contributed by atoms with Crippen LogP contribution in [0, 0.1) is 0 Å². The summed E-state index contributed by atoms with van der Waals surface area (Å²) in [7, 11) is -0.914. The minimum absolute atomic E-state index is 0.00763. The summed E-state index contributed by atoms with van der Waals surface area (Å²) in [6, 6.07) is 5.40. The van der Waals surface area contributed by atoms with Gasteiger partial charge in [-0.3, -0.25) is 4.79 Å². The van der Waals surface area contributed by atoms with Crippen molar-refractivity contribution in [1.82, 2.24) is 4.90 Å². The molecule has 6 heteroatoms. The van der Waals surface area contributed by atoms with E-state index < -0.39 is 7.12 Å². The van der Waals surface area contributed by atoms with Gasteiger partial charge < -0.3 is 19.3 Å². The summed E-state index contributed by atoms with van der Waals surface area (Å²) in [6.07, 6.45) is 1.18. The summed E-state index contributed by atoms with van der Waals surface area (Å²) in [6.45, 7) is 5.76. The number of hydrogen-bond donors (Lipinski definition) is 1. The van der Waals surface area contributed by atoms with Gasteiger partial charge in [0, 0.05) is 18.7 Å². The zero-order chi connectivity index (χ0) is 15.0. The van der Waals surface area contributed by atoms with E-state index >= 15 is 0 Å². The van der Waals surface area contributed by atoms with Crippen molar-refractivity contribution in [3.05, 3.63) is 29.3 Å². The van der Waals surface area contributed by atoms with Crippen LogP contribution in [0.4, 0.5) is 0 Å². The smallest absolute Gasteiger partial charge is 0.423 e. The first kappa shape index (κ1) is 14.6. The molecule has 0 unspecified atom stereocenters. The van der Waals surface area contributed by atoms with Crippen molar-refractivity contribution in [1.29, 1.82) is 0 Å². The second kappa shape index (κ2) is 5.79. The van der Waals surface area contributed by atoms with E-state index in [1.54, 1.807) is 12.1 Å². The summed E-state index contributed by atoms with van der Waals surface area (Å²) < 4.78 is 10.9. The molecule has 1 fully saturated rings. The Kier molecular flexibility index (Phi) is 4.02. The van der Waals surface area contributed by atoms with E-state index in [4.69, 9.17) is 9.39 Å². The summed E-state index contributed by atoms with van der Waals surface area (Å²) in [5.41, 5.74) is 2.25. The number of amides is 1. The summed E-state index contributed by atoms with van der Waals surface area (Å²) in [4.78, 5) is 14.3. The van der Waals surface area contributed by atoms with Gasteiger partial charge in [0.15, 0.2) is 0 Å². The number of nitrogens with zero attached hydrogens (tertiary/aromatic N) is 1. The number of benzene rings is 1. The third kappa shape index (κ3) is 2.97. The average Bonchev–Trinajstić information content (AvgIpc) is 3.05. The molecule has 2 aliphatic rings. The molecule has 1 aromatic carbocycles. The number of ether oxygens (including phenoxy) is 1. The Labute approximate surface area is 125 Å². The van der Waals surface area contributed by atoms with Crippen LogP contribution in [-0.2, 0) is 16.0 Å². The van der Waals surface area contributed by atoms with Gasteiger partial charge in [-0.25, -0.2) is 0 Å². The summed E-state index contributed by atoms with van der Waals surface area (Å²) in [5, 5.41) is 9.73. The maximum atomic E-state index is 12.5. The Bertz CT molecular complexity index is 548. The predicted octanol–water partition coefficient (Wildman–Crippen LogP) is 0.544. The molecule has 112 valence electrons. The highest BCUT2D eigenvalue weighted by Crippen LogP contribution is 2.18. The molecule has 1 atom stereocenters. The van der Waals surface area contributed by atoms with E-state index in [2.05, 4.69) is 0 Å². The SMILES string of the molecule is CC(C)O[C@@H]1CCN(C(=O)c2ccc3c(c2)B(O)OC3)C1. The zero-order valence-corrected chi connectivity index (χ0v) is 12.4. The summed E-state index contributed by atoms with van der Waals surface area (Å²) >= 11 is 0. The topological polar surface area (TPSA) is 59.0 Å². The molecule has 0 aliphatic carbocycles. The molecule has 0 bridgehead atoms. The van der Waals surface area contributed by atoms with Crippen molar-refractivity contribution < 1.29 is 19.2 Å². The fourth-order valence-electron chi connectivity index (χ4n) is 2.94. The van der Waals surface area contributed by atoms with Crippen LogP contribution in [0.15, 0.2) is 18.2 Å². The predicted molar refractivity (Wildman–Crippen MR) is 79.4 cm³/mol.